The van der Waals surface area contributed by atoms with Crippen LogP contribution in [0.15, 0.2) is 24.3 Å². The lowest BCUT2D eigenvalue weighted by atomic mass is 10.1. The molecule has 8 nitrogen and oxygen atoms in total. The van der Waals surface area contributed by atoms with E-state index in [2.05, 4.69) is 38.2 Å². The molecule has 0 N–H and O–H groups in total. The number of carbonyl (C=O) groups is 3. The first-order valence-corrected chi connectivity index (χ1v) is 26.4. The number of carbonyl (C=O) groups excluding carboxylic acids is 3. The monoisotopic (exact) mass is 876 g/mol. The Labute approximate surface area is 383 Å². The molecule has 62 heavy (non-hydrogen) atoms. The summed E-state index contributed by atoms with van der Waals surface area (Å²) in [6.07, 6.45) is 52.0. The van der Waals surface area contributed by atoms with Gasteiger partial charge in [0.05, 0.1) is 40.3 Å². The number of rotatable bonds is 48. The number of carboxylic acids is 1. The third-order valence-corrected chi connectivity index (χ3v) is 12.1. The zero-order valence-corrected chi connectivity index (χ0v) is 41.6. The van der Waals surface area contributed by atoms with Gasteiger partial charge in [-0.1, -0.05) is 192 Å². The Balaban J connectivity index is 4.23. The molecule has 2 atom stereocenters. The molecule has 0 bridgehead atoms. The van der Waals surface area contributed by atoms with Gasteiger partial charge in [-0.05, 0) is 64.2 Å². The average molecular weight is 876 g/mol. The summed E-state index contributed by atoms with van der Waals surface area (Å²) in [6.45, 7) is 4.69. The summed E-state index contributed by atoms with van der Waals surface area (Å²) in [4.78, 5) is 37.0. The van der Waals surface area contributed by atoms with Gasteiger partial charge < -0.3 is 28.6 Å². The fraction of sp³-hybridized carbons (Fsp3) is 0.870. The molecule has 0 aromatic heterocycles. The Morgan fingerprint density at radius 2 is 0.806 bits per heavy atom. The largest absolute Gasteiger partial charge is 0.544 e. The molecule has 0 aromatic carbocycles. The zero-order valence-electron chi connectivity index (χ0n) is 41.6. The Kier molecular flexibility index (Phi) is 43.8. The molecule has 0 rings (SSSR count). The van der Waals surface area contributed by atoms with E-state index < -0.39 is 18.1 Å². The molecule has 0 aliphatic heterocycles. The van der Waals surface area contributed by atoms with Crippen molar-refractivity contribution in [2.45, 2.75) is 264 Å². The van der Waals surface area contributed by atoms with Crippen LogP contribution in [0.5, 0.6) is 0 Å². The average Bonchev–Trinajstić information content (AvgIpc) is 3.23. The normalized spacial score (nSPS) is 13.0. The van der Waals surface area contributed by atoms with Gasteiger partial charge in [0.1, 0.15) is 12.6 Å². The molecule has 0 spiro atoms. The molecular weight excluding hydrogens is 775 g/mol. The first-order chi connectivity index (χ1) is 30.1. The van der Waals surface area contributed by atoms with E-state index >= 15 is 0 Å². The van der Waals surface area contributed by atoms with Gasteiger partial charge in [-0.2, -0.15) is 0 Å². The first-order valence-electron chi connectivity index (χ1n) is 26.4. The predicted octanol–water partition coefficient (Wildman–Crippen LogP) is 13.9. The molecule has 0 aliphatic rings. The summed E-state index contributed by atoms with van der Waals surface area (Å²) < 4.78 is 17.3. The molecule has 0 aromatic rings. The fourth-order valence-electron chi connectivity index (χ4n) is 7.94. The molecule has 0 amide bonds. The van der Waals surface area contributed by atoms with E-state index in [4.69, 9.17) is 14.2 Å². The Bertz CT molecular complexity index is 1070. The van der Waals surface area contributed by atoms with E-state index in [1.165, 1.54) is 180 Å². The summed E-state index contributed by atoms with van der Waals surface area (Å²) in [5.41, 5.74) is 0. The van der Waals surface area contributed by atoms with Gasteiger partial charge in [0.15, 0.2) is 6.10 Å². The van der Waals surface area contributed by atoms with Crippen molar-refractivity contribution < 1.29 is 38.2 Å². The fourth-order valence-corrected chi connectivity index (χ4v) is 7.94. The lowest BCUT2D eigenvalue weighted by Gasteiger charge is -2.34. The lowest BCUT2D eigenvalue weighted by molar-refractivity contribution is -0.889. The molecule has 0 radical (unpaired) electrons. The SMILES string of the molecule is CCCCCCCCCC/C=C/CCCCCCCCCC(=O)OCC(COCCC(C(=O)[O-])[N+](C)(C)C)OC(=O)CCCCCCCCC/C=C/CCCCCCCCCC. The maximum absolute atomic E-state index is 12.8. The topological polar surface area (TPSA) is 102 Å². The third-order valence-electron chi connectivity index (χ3n) is 12.1. The number of ether oxygens (including phenoxy) is 3. The van der Waals surface area contributed by atoms with Gasteiger partial charge in [-0.25, -0.2) is 0 Å². The van der Waals surface area contributed by atoms with Gasteiger partial charge in [0.2, 0.25) is 0 Å². The summed E-state index contributed by atoms with van der Waals surface area (Å²) in [7, 11) is 5.42. The first kappa shape index (κ1) is 59.8. The van der Waals surface area contributed by atoms with Gasteiger partial charge in [-0.15, -0.1) is 0 Å². The second-order valence-corrected chi connectivity index (χ2v) is 19.1. The van der Waals surface area contributed by atoms with Crippen molar-refractivity contribution in [1.29, 1.82) is 0 Å². The van der Waals surface area contributed by atoms with Gasteiger partial charge >= 0.3 is 11.9 Å². The van der Waals surface area contributed by atoms with Crippen molar-refractivity contribution >= 4 is 17.9 Å². The van der Waals surface area contributed by atoms with E-state index in [-0.39, 0.29) is 42.7 Å². The van der Waals surface area contributed by atoms with Crippen LogP contribution in [0.3, 0.4) is 0 Å². The van der Waals surface area contributed by atoms with E-state index in [9.17, 15) is 19.5 Å². The number of hydrogen-bond donors (Lipinski definition) is 0. The van der Waals surface area contributed by atoms with Crippen LogP contribution in [-0.2, 0) is 28.6 Å². The number of unbranched alkanes of at least 4 members (excludes halogenated alkanes) is 30. The minimum Gasteiger partial charge on any atom is -0.544 e. The molecule has 364 valence electrons. The van der Waals surface area contributed by atoms with Gasteiger partial charge in [0, 0.05) is 19.3 Å². The predicted molar refractivity (Wildman–Crippen MR) is 259 cm³/mol. The highest BCUT2D eigenvalue weighted by molar-refractivity contribution is 5.70. The molecule has 0 saturated carbocycles. The number of aliphatic carboxylic acids is 1. The standard InChI is InChI=1S/C54H101NO7/c1-6-8-10-12-14-16-18-20-22-24-26-28-30-32-34-36-38-40-42-44-52(56)61-49-50(48-60-47-46-51(54(58)59)55(3,4)5)62-53(57)45-43-41-39-37-35-33-31-29-27-25-23-21-19-17-15-13-11-9-7-2/h24-27,50-51H,6-23,28-49H2,1-5H3/b26-24+,27-25+. The second-order valence-electron chi connectivity index (χ2n) is 19.1. The highest BCUT2D eigenvalue weighted by atomic mass is 16.6. The number of nitrogens with zero attached hydrogens (tertiary/aromatic N) is 1. The van der Waals surface area contributed by atoms with Crippen LogP contribution in [0.1, 0.15) is 251 Å². The lowest BCUT2D eigenvalue weighted by Crippen LogP contribution is -2.55. The van der Waals surface area contributed by atoms with Crippen LogP contribution in [0, 0.1) is 0 Å². The van der Waals surface area contributed by atoms with Crippen LogP contribution in [-0.4, -0.2) is 75.5 Å². The maximum Gasteiger partial charge on any atom is 0.306 e. The smallest absolute Gasteiger partial charge is 0.306 e. The molecule has 0 heterocycles. The van der Waals surface area contributed by atoms with Crippen molar-refractivity contribution in [1.82, 2.24) is 0 Å². The summed E-state index contributed by atoms with van der Waals surface area (Å²) in [5, 5.41) is 11.7. The molecule has 0 saturated heterocycles. The van der Waals surface area contributed by atoms with Crippen LogP contribution >= 0.6 is 0 Å². The Morgan fingerprint density at radius 1 is 0.468 bits per heavy atom. The molecule has 2 unspecified atom stereocenters. The third kappa shape index (κ3) is 43.1. The van der Waals surface area contributed by atoms with E-state index in [0.717, 1.165) is 38.5 Å². The number of hydrogen-bond acceptors (Lipinski definition) is 7. The molecule has 0 aliphatic carbocycles. The number of carboxylic acid groups (broad SMARTS) is 1. The van der Waals surface area contributed by atoms with Crippen LogP contribution in [0.4, 0.5) is 0 Å². The van der Waals surface area contributed by atoms with E-state index in [1.54, 1.807) is 0 Å². The van der Waals surface area contributed by atoms with Crippen LogP contribution in [0.2, 0.25) is 0 Å². The zero-order chi connectivity index (χ0) is 45.6. The molecule has 0 fully saturated rings. The Hall–Kier alpha value is -2.19. The van der Waals surface area contributed by atoms with Crippen LogP contribution < -0.4 is 5.11 Å². The summed E-state index contributed by atoms with van der Waals surface area (Å²) >= 11 is 0. The molecule has 8 heteroatoms. The number of likely N-dealkylation sites (N-methyl/N-ethyl adjacent to an activating group) is 1. The summed E-state index contributed by atoms with van der Waals surface area (Å²) in [6, 6.07) is -0.726. The number of esters is 2. The van der Waals surface area contributed by atoms with E-state index in [1.807, 2.05) is 21.1 Å². The van der Waals surface area contributed by atoms with Crippen molar-refractivity contribution in [2.75, 3.05) is 41.0 Å². The highest BCUT2D eigenvalue weighted by Gasteiger charge is 2.25. The van der Waals surface area contributed by atoms with Crippen molar-refractivity contribution in [3.63, 3.8) is 0 Å². The Morgan fingerprint density at radius 3 is 1.16 bits per heavy atom. The highest BCUT2D eigenvalue weighted by Crippen LogP contribution is 2.15. The van der Waals surface area contributed by atoms with Crippen molar-refractivity contribution in [3.8, 4) is 0 Å². The minimum atomic E-state index is -1.12. The molecular formula is C54H101NO7. The van der Waals surface area contributed by atoms with Crippen LogP contribution in [0.25, 0.3) is 0 Å². The van der Waals surface area contributed by atoms with Crippen molar-refractivity contribution in [3.05, 3.63) is 24.3 Å². The second kappa shape index (κ2) is 45.4. The van der Waals surface area contributed by atoms with Gasteiger partial charge in [0.25, 0.3) is 0 Å². The quantitative estimate of drug-likeness (QED) is 0.0260. The van der Waals surface area contributed by atoms with E-state index in [0.29, 0.717) is 12.8 Å². The maximum atomic E-state index is 12.8. The summed E-state index contributed by atoms with van der Waals surface area (Å²) in [5.74, 6) is -1.73. The number of allylic oxidation sites excluding steroid dienone is 4. The van der Waals surface area contributed by atoms with Gasteiger partial charge in [-0.3, -0.25) is 9.59 Å². The van der Waals surface area contributed by atoms with Crippen molar-refractivity contribution in [2.24, 2.45) is 0 Å². The minimum absolute atomic E-state index is 0.0410. The number of quaternary nitrogens is 1.